The van der Waals surface area contributed by atoms with Crippen molar-refractivity contribution in [1.82, 2.24) is 0 Å². The fraction of sp³-hybridized carbons (Fsp3) is 0.200. The summed E-state index contributed by atoms with van der Waals surface area (Å²) in [7, 11) is 0. The lowest BCUT2D eigenvalue weighted by atomic mass is 9.92. The number of carbonyl (C=O) groups is 2. The number of carboxylic acids is 1. The maximum absolute atomic E-state index is 12.9. The molecule has 3 aromatic rings. The molecular formula is C25H24INO5. The third kappa shape index (κ3) is 6.23. The summed E-state index contributed by atoms with van der Waals surface area (Å²) in [5.41, 5.74) is 1.15. The number of allylic oxidation sites excluding steroid dienone is 1. The fourth-order valence-corrected chi connectivity index (χ4v) is 4.04. The van der Waals surface area contributed by atoms with Gasteiger partial charge in [0, 0.05) is 20.6 Å². The quantitative estimate of drug-likeness (QED) is 0.222. The average Bonchev–Trinajstić information content (AvgIpc) is 2.77. The van der Waals surface area contributed by atoms with Gasteiger partial charge in [0.25, 0.3) is 0 Å². The zero-order valence-corrected chi connectivity index (χ0v) is 19.7. The van der Waals surface area contributed by atoms with Crippen molar-refractivity contribution in [2.24, 2.45) is 5.92 Å². The van der Waals surface area contributed by atoms with Gasteiger partial charge < -0.3 is 14.9 Å². The van der Waals surface area contributed by atoms with Crippen LogP contribution in [-0.4, -0.2) is 22.3 Å². The van der Waals surface area contributed by atoms with Crippen LogP contribution in [0, 0.1) is 9.49 Å². The van der Waals surface area contributed by atoms with Crippen LogP contribution in [0.2, 0.25) is 0 Å². The van der Waals surface area contributed by atoms with Crippen molar-refractivity contribution in [3.05, 3.63) is 81.9 Å². The van der Waals surface area contributed by atoms with Gasteiger partial charge in [-0.15, -0.1) is 0 Å². The molecule has 32 heavy (non-hydrogen) atoms. The van der Waals surface area contributed by atoms with Crippen molar-refractivity contribution in [1.29, 1.82) is 0 Å². The Morgan fingerprint density at radius 2 is 1.88 bits per heavy atom. The maximum atomic E-state index is 12.9. The smallest absolute Gasteiger partial charge is 0.412 e. The molecule has 6 nitrogen and oxygen atoms in total. The molecule has 0 aliphatic heterocycles. The van der Waals surface area contributed by atoms with E-state index < -0.39 is 18.2 Å². The molecule has 0 fully saturated rings. The molecule has 3 N–H and O–H groups in total. The van der Waals surface area contributed by atoms with Crippen LogP contribution in [0.5, 0.6) is 5.75 Å². The van der Waals surface area contributed by atoms with E-state index in [1.54, 1.807) is 24.3 Å². The summed E-state index contributed by atoms with van der Waals surface area (Å²) in [5, 5.41) is 23.9. The van der Waals surface area contributed by atoms with Crippen molar-refractivity contribution in [3.63, 3.8) is 0 Å². The minimum Gasteiger partial charge on any atom is -0.508 e. The number of amides is 1. The van der Waals surface area contributed by atoms with Gasteiger partial charge in [0.1, 0.15) is 11.9 Å². The number of anilines is 1. The summed E-state index contributed by atoms with van der Waals surface area (Å²) < 4.78 is 6.71. The molecule has 166 valence electrons. The lowest BCUT2D eigenvalue weighted by molar-refractivity contribution is -0.131. The molecule has 0 bridgehead atoms. The van der Waals surface area contributed by atoms with E-state index in [9.17, 15) is 14.7 Å². The zero-order valence-electron chi connectivity index (χ0n) is 17.5. The molecular weight excluding hydrogens is 521 g/mol. The first-order valence-electron chi connectivity index (χ1n) is 10.2. The summed E-state index contributed by atoms with van der Waals surface area (Å²) in [5.74, 6) is -1.13. The van der Waals surface area contributed by atoms with E-state index in [1.807, 2.05) is 49.4 Å². The van der Waals surface area contributed by atoms with E-state index in [2.05, 4.69) is 27.9 Å². The summed E-state index contributed by atoms with van der Waals surface area (Å²) in [6.45, 7) is 1.91. The second-order valence-electron chi connectivity index (χ2n) is 7.48. The van der Waals surface area contributed by atoms with Crippen molar-refractivity contribution in [2.45, 2.75) is 25.9 Å². The van der Waals surface area contributed by atoms with Gasteiger partial charge in [-0.3, -0.25) is 5.32 Å². The minimum atomic E-state index is -1.00. The van der Waals surface area contributed by atoms with Crippen molar-refractivity contribution in [2.75, 3.05) is 5.32 Å². The minimum absolute atomic E-state index is 0.0429. The Kier molecular flexibility index (Phi) is 8.10. The highest BCUT2D eigenvalue weighted by molar-refractivity contribution is 14.1. The zero-order chi connectivity index (χ0) is 23.1. The summed E-state index contributed by atoms with van der Waals surface area (Å²) >= 11 is 2.14. The molecule has 0 saturated heterocycles. The normalized spacial score (nSPS) is 13.1. The Morgan fingerprint density at radius 3 is 2.66 bits per heavy atom. The predicted molar refractivity (Wildman–Crippen MR) is 133 cm³/mol. The molecule has 1 amide bonds. The standard InChI is InChI=1S/C25H24INO5/c1-16(7-2-5-12-23(29)30)24(20-15-18(26)13-14-22(20)28)32-25(31)27-21-11-6-9-17-8-3-4-10-19(17)21/h3-6,8-16,24,28H,2,7H2,1H3,(H,27,31)(H,29,30)/b12-5+/t16-,24-/m1/s1. The molecule has 2 atom stereocenters. The Bertz CT molecular complexity index is 1140. The highest BCUT2D eigenvalue weighted by atomic mass is 127. The molecule has 3 rings (SSSR count). The van der Waals surface area contributed by atoms with Crippen LogP contribution in [0.15, 0.2) is 72.8 Å². The van der Waals surface area contributed by atoms with Crippen LogP contribution in [0.25, 0.3) is 10.8 Å². The highest BCUT2D eigenvalue weighted by Gasteiger charge is 2.26. The largest absolute Gasteiger partial charge is 0.508 e. The third-order valence-electron chi connectivity index (χ3n) is 5.12. The number of aromatic hydroxyl groups is 1. The fourth-order valence-electron chi connectivity index (χ4n) is 3.52. The van der Waals surface area contributed by atoms with E-state index in [4.69, 9.17) is 9.84 Å². The monoisotopic (exact) mass is 545 g/mol. The van der Waals surface area contributed by atoms with E-state index >= 15 is 0 Å². The van der Waals surface area contributed by atoms with Crippen LogP contribution in [0.1, 0.15) is 31.4 Å². The third-order valence-corrected chi connectivity index (χ3v) is 5.79. The highest BCUT2D eigenvalue weighted by Crippen LogP contribution is 2.36. The molecule has 0 radical (unpaired) electrons. The van der Waals surface area contributed by atoms with E-state index in [0.29, 0.717) is 24.1 Å². The van der Waals surface area contributed by atoms with Gasteiger partial charge in [0.15, 0.2) is 0 Å². The number of hydrogen-bond acceptors (Lipinski definition) is 4. The van der Waals surface area contributed by atoms with Crippen LogP contribution >= 0.6 is 22.6 Å². The number of benzene rings is 3. The molecule has 0 aliphatic carbocycles. The predicted octanol–water partition coefficient (Wildman–Crippen LogP) is 6.50. The topological polar surface area (TPSA) is 95.9 Å². The number of ether oxygens (including phenoxy) is 1. The van der Waals surface area contributed by atoms with Gasteiger partial charge in [-0.2, -0.15) is 0 Å². The van der Waals surface area contributed by atoms with Gasteiger partial charge in [-0.1, -0.05) is 49.4 Å². The van der Waals surface area contributed by atoms with Gasteiger partial charge in [-0.05, 0) is 71.0 Å². The van der Waals surface area contributed by atoms with Crippen LogP contribution < -0.4 is 5.32 Å². The maximum Gasteiger partial charge on any atom is 0.412 e. The van der Waals surface area contributed by atoms with E-state index in [0.717, 1.165) is 20.4 Å². The second kappa shape index (κ2) is 11.0. The first-order valence-corrected chi connectivity index (χ1v) is 11.3. The number of fused-ring (bicyclic) bond motifs is 1. The van der Waals surface area contributed by atoms with Crippen LogP contribution in [0.3, 0.4) is 0 Å². The SMILES string of the molecule is C[C@H](CC/C=C/C(=O)O)[C@@H](OC(=O)Nc1cccc2ccccc12)c1cc(I)ccc1O. The van der Waals surface area contributed by atoms with E-state index in [-0.39, 0.29) is 11.7 Å². The lowest BCUT2D eigenvalue weighted by Gasteiger charge is -2.25. The molecule has 7 heteroatoms. The van der Waals surface area contributed by atoms with Crippen LogP contribution in [0.4, 0.5) is 10.5 Å². The number of phenolic OH excluding ortho intramolecular Hbond substituents is 1. The van der Waals surface area contributed by atoms with Gasteiger partial charge >= 0.3 is 12.1 Å². The Balaban J connectivity index is 1.81. The Hall–Kier alpha value is -3.07. The number of hydrogen-bond donors (Lipinski definition) is 3. The van der Waals surface area contributed by atoms with Crippen LogP contribution in [-0.2, 0) is 9.53 Å². The van der Waals surface area contributed by atoms with Gasteiger partial charge in [-0.25, -0.2) is 9.59 Å². The first kappa shape index (κ1) is 23.6. The van der Waals surface area contributed by atoms with E-state index in [1.165, 1.54) is 0 Å². The molecule has 3 aromatic carbocycles. The summed E-state index contributed by atoms with van der Waals surface area (Å²) in [6.07, 6.45) is 2.40. The molecule has 0 aliphatic rings. The number of rotatable bonds is 8. The number of carbonyl (C=O) groups excluding carboxylic acids is 1. The summed E-state index contributed by atoms with van der Waals surface area (Å²) in [4.78, 5) is 23.5. The number of aliphatic carboxylic acids is 1. The molecule has 0 aromatic heterocycles. The summed E-state index contributed by atoms with van der Waals surface area (Å²) in [6, 6.07) is 18.5. The number of phenols is 1. The molecule has 0 saturated carbocycles. The molecule has 0 unspecified atom stereocenters. The number of halogens is 1. The molecule has 0 heterocycles. The second-order valence-corrected chi connectivity index (χ2v) is 8.72. The average molecular weight is 545 g/mol. The van der Waals surface area contributed by atoms with Crippen molar-refractivity contribution >= 4 is 51.1 Å². The molecule has 0 spiro atoms. The van der Waals surface area contributed by atoms with Gasteiger partial charge in [0.05, 0.1) is 5.69 Å². The Morgan fingerprint density at radius 1 is 1.12 bits per heavy atom. The Labute approximate surface area is 200 Å². The van der Waals surface area contributed by atoms with Crippen molar-refractivity contribution < 1.29 is 24.5 Å². The lowest BCUT2D eigenvalue weighted by Crippen LogP contribution is -2.22. The van der Waals surface area contributed by atoms with Crippen molar-refractivity contribution in [3.8, 4) is 5.75 Å². The van der Waals surface area contributed by atoms with Gasteiger partial charge in [0.2, 0.25) is 0 Å². The first-order chi connectivity index (χ1) is 15.3. The number of nitrogens with one attached hydrogen (secondary N) is 1. The number of carboxylic acid groups (broad SMARTS) is 1.